The van der Waals surface area contributed by atoms with E-state index >= 15 is 0 Å². The van der Waals surface area contributed by atoms with E-state index in [0.717, 1.165) is 22.6 Å². The second-order valence-electron chi connectivity index (χ2n) is 4.69. The van der Waals surface area contributed by atoms with Crippen LogP contribution in [0.25, 0.3) is 11.3 Å². The Bertz CT molecular complexity index is 811. The molecule has 1 heterocycles. The van der Waals surface area contributed by atoms with Crippen molar-refractivity contribution in [1.82, 2.24) is 4.98 Å². The lowest BCUT2D eigenvalue weighted by atomic mass is 10.2. The zero-order chi connectivity index (χ0) is 16.1. The number of hydrazone groups is 1. The number of nitrogen functional groups attached to an aromatic ring is 1. The van der Waals surface area contributed by atoms with Crippen LogP contribution < -0.4 is 15.9 Å². The summed E-state index contributed by atoms with van der Waals surface area (Å²) in [6, 6.07) is 16.0. The van der Waals surface area contributed by atoms with Gasteiger partial charge in [0, 0.05) is 22.2 Å². The molecular weight excluding hydrogens is 308 g/mol. The van der Waals surface area contributed by atoms with Crippen LogP contribution in [0.4, 0.5) is 10.8 Å². The van der Waals surface area contributed by atoms with Gasteiger partial charge >= 0.3 is 0 Å². The van der Waals surface area contributed by atoms with Crippen LogP contribution in [0, 0.1) is 6.07 Å². The number of aromatic nitrogens is 1. The van der Waals surface area contributed by atoms with Crippen molar-refractivity contribution in [2.24, 2.45) is 5.10 Å². The molecule has 0 spiro atoms. The van der Waals surface area contributed by atoms with Crippen molar-refractivity contribution in [3.8, 4) is 17.0 Å². The summed E-state index contributed by atoms with van der Waals surface area (Å²) in [5.41, 5.74) is 12.1. The molecule has 0 aliphatic carbocycles. The average molecular weight is 323 g/mol. The van der Waals surface area contributed by atoms with Gasteiger partial charge in [-0.05, 0) is 36.4 Å². The van der Waals surface area contributed by atoms with Crippen molar-refractivity contribution in [1.29, 1.82) is 0 Å². The number of rotatable bonds is 5. The van der Waals surface area contributed by atoms with Crippen LogP contribution in [-0.4, -0.2) is 18.3 Å². The molecule has 0 saturated carbocycles. The first-order chi connectivity index (χ1) is 11.3. The number of benzene rings is 2. The van der Waals surface area contributed by atoms with Gasteiger partial charge in [0.1, 0.15) is 5.75 Å². The van der Waals surface area contributed by atoms with Crippen molar-refractivity contribution in [2.45, 2.75) is 0 Å². The largest absolute Gasteiger partial charge is 0.497 e. The van der Waals surface area contributed by atoms with E-state index in [-0.39, 0.29) is 0 Å². The van der Waals surface area contributed by atoms with Gasteiger partial charge in [-0.1, -0.05) is 12.1 Å². The molecule has 2 aromatic carbocycles. The monoisotopic (exact) mass is 323 g/mol. The molecule has 23 heavy (non-hydrogen) atoms. The number of hydrogen-bond donors (Lipinski definition) is 2. The molecule has 3 aromatic rings. The zero-order valence-electron chi connectivity index (χ0n) is 12.5. The van der Waals surface area contributed by atoms with Crippen LogP contribution in [0.5, 0.6) is 5.75 Å². The van der Waals surface area contributed by atoms with E-state index in [1.165, 1.54) is 11.3 Å². The number of nitrogens with two attached hydrogens (primary N) is 1. The number of anilines is 2. The summed E-state index contributed by atoms with van der Waals surface area (Å²) >= 11 is 1.49. The minimum Gasteiger partial charge on any atom is -0.497 e. The second kappa shape index (κ2) is 6.93. The molecule has 5 nitrogen and oxygen atoms in total. The highest BCUT2D eigenvalue weighted by atomic mass is 32.1. The second-order valence-corrected chi connectivity index (χ2v) is 5.55. The number of nitrogens with zero attached hydrogens (tertiary/aromatic N) is 2. The highest BCUT2D eigenvalue weighted by molar-refractivity contribution is 7.14. The number of thiazole rings is 1. The normalized spacial score (nSPS) is 10.8. The smallest absolute Gasteiger partial charge is 0.203 e. The van der Waals surface area contributed by atoms with E-state index in [1.807, 2.05) is 35.7 Å². The number of hydrogen-bond acceptors (Lipinski definition) is 6. The van der Waals surface area contributed by atoms with E-state index in [2.05, 4.69) is 21.6 Å². The van der Waals surface area contributed by atoms with E-state index in [0.29, 0.717) is 10.8 Å². The van der Waals surface area contributed by atoms with E-state index in [4.69, 9.17) is 10.5 Å². The Labute approximate surface area is 138 Å². The minimum atomic E-state index is 0.635. The summed E-state index contributed by atoms with van der Waals surface area (Å²) < 4.78 is 5.15. The van der Waals surface area contributed by atoms with E-state index in [9.17, 15) is 0 Å². The minimum absolute atomic E-state index is 0.635. The van der Waals surface area contributed by atoms with Crippen LogP contribution in [0.1, 0.15) is 5.56 Å². The van der Waals surface area contributed by atoms with Gasteiger partial charge in [-0.2, -0.15) is 5.10 Å². The fourth-order valence-corrected chi connectivity index (χ4v) is 2.62. The molecular formula is C17H15N4OS. The maximum atomic E-state index is 5.83. The van der Waals surface area contributed by atoms with Crippen molar-refractivity contribution < 1.29 is 4.74 Å². The lowest BCUT2D eigenvalue weighted by molar-refractivity contribution is 0.415. The Balaban J connectivity index is 1.68. The van der Waals surface area contributed by atoms with Gasteiger partial charge < -0.3 is 10.5 Å². The molecule has 0 saturated heterocycles. The van der Waals surface area contributed by atoms with Gasteiger partial charge in [0.05, 0.1) is 19.0 Å². The summed E-state index contributed by atoms with van der Waals surface area (Å²) in [5.74, 6) is 0.824. The maximum Gasteiger partial charge on any atom is 0.203 e. The summed E-state index contributed by atoms with van der Waals surface area (Å²) in [4.78, 5) is 4.51. The quantitative estimate of drug-likeness (QED) is 0.427. The number of ether oxygens (including phenoxy) is 1. The molecule has 0 aliphatic heterocycles. The fraction of sp³-hybridized carbons (Fsp3) is 0.0588. The Morgan fingerprint density at radius 3 is 2.87 bits per heavy atom. The van der Waals surface area contributed by atoms with Crippen LogP contribution in [-0.2, 0) is 0 Å². The zero-order valence-corrected chi connectivity index (χ0v) is 13.3. The Morgan fingerprint density at radius 1 is 1.30 bits per heavy atom. The van der Waals surface area contributed by atoms with Gasteiger partial charge in [-0.25, -0.2) is 4.98 Å². The van der Waals surface area contributed by atoms with Crippen LogP contribution >= 0.6 is 11.3 Å². The summed E-state index contributed by atoms with van der Waals surface area (Å²) in [7, 11) is 1.65. The summed E-state index contributed by atoms with van der Waals surface area (Å²) in [5, 5.41) is 6.86. The average Bonchev–Trinajstić information content (AvgIpc) is 3.06. The predicted octanol–water partition coefficient (Wildman–Crippen LogP) is 3.65. The van der Waals surface area contributed by atoms with Gasteiger partial charge in [-0.3, -0.25) is 5.43 Å². The molecule has 0 atom stereocenters. The molecule has 0 aliphatic rings. The van der Waals surface area contributed by atoms with Crippen molar-refractivity contribution in [2.75, 3.05) is 18.3 Å². The van der Waals surface area contributed by atoms with Gasteiger partial charge in [0.15, 0.2) is 0 Å². The molecule has 0 amide bonds. The molecule has 115 valence electrons. The number of methoxy groups -OCH3 is 1. The molecule has 0 fully saturated rings. The Morgan fingerprint density at radius 2 is 2.13 bits per heavy atom. The van der Waals surface area contributed by atoms with Crippen molar-refractivity contribution in [3.05, 3.63) is 59.5 Å². The third-order valence-electron chi connectivity index (χ3n) is 3.19. The van der Waals surface area contributed by atoms with Gasteiger partial charge in [-0.15, -0.1) is 11.3 Å². The molecule has 0 bridgehead atoms. The lowest BCUT2D eigenvalue weighted by Crippen LogP contribution is -1.95. The standard InChI is InChI=1S/C17H15N4OS/c1-22-14-8-6-12(7-9-14)16-11-23-17(20-16)21-19-10-13-4-2-3-5-15(13)18/h2,4-11H,18H2,1H3,(H,20,21). The predicted molar refractivity (Wildman–Crippen MR) is 95.0 cm³/mol. The highest BCUT2D eigenvalue weighted by Gasteiger charge is 2.04. The van der Waals surface area contributed by atoms with Crippen LogP contribution in [0.3, 0.4) is 0 Å². The van der Waals surface area contributed by atoms with E-state index in [1.54, 1.807) is 25.5 Å². The molecule has 0 unspecified atom stereocenters. The first-order valence-corrected chi connectivity index (χ1v) is 7.79. The molecule has 1 aromatic heterocycles. The SMILES string of the molecule is COc1ccc(-c2csc(NN=Cc3cc[c]cc3N)n2)cc1. The summed E-state index contributed by atoms with van der Waals surface area (Å²) in [6.45, 7) is 0. The lowest BCUT2D eigenvalue weighted by Gasteiger charge is -2.00. The highest BCUT2D eigenvalue weighted by Crippen LogP contribution is 2.26. The maximum absolute atomic E-state index is 5.83. The van der Waals surface area contributed by atoms with Crippen molar-refractivity contribution in [3.63, 3.8) is 0 Å². The van der Waals surface area contributed by atoms with E-state index < -0.39 is 0 Å². The van der Waals surface area contributed by atoms with Crippen LogP contribution in [0.15, 0.2) is 52.9 Å². The third kappa shape index (κ3) is 3.67. The fourth-order valence-electron chi connectivity index (χ4n) is 1.95. The summed E-state index contributed by atoms with van der Waals surface area (Å²) in [6.07, 6.45) is 1.66. The van der Waals surface area contributed by atoms with Gasteiger partial charge in [0.2, 0.25) is 5.13 Å². The Kier molecular flexibility index (Phi) is 4.54. The van der Waals surface area contributed by atoms with Crippen molar-refractivity contribution >= 4 is 28.4 Å². The molecule has 3 rings (SSSR count). The van der Waals surface area contributed by atoms with Crippen LogP contribution in [0.2, 0.25) is 0 Å². The molecule has 6 heteroatoms. The topological polar surface area (TPSA) is 72.5 Å². The molecule has 1 radical (unpaired) electrons. The first-order valence-electron chi connectivity index (χ1n) is 6.91. The van der Waals surface area contributed by atoms with Gasteiger partial charge in [0.25, 0.3) is 0 Å². The number of nitrogens with one attached hydrogen (secondary N) is 1. The molecule has 3 N–H and O–H groups in total. The Hall–Kier alpha value is -2.86. The third-order valence-corrected chi connectivity index (χ3v) is 3.93. The first kappa shape index (κ1) is 15.1.